The van der Waals surface area contributed by atoms with Crippen molar-refractivity contribution >= 4 is 38.9 Å². The molecule has 3 nitrogen and oxygen atoms in total. The first-order chi connectivity index (χ1) is 13.1. The first-order valence-corrected chi connectivity index (χ1v) is 9.09. The second-order valence-electron chi connectivity index (χ2n) is 6.60. The van der Waals surface area contributed by atoms with Crippen molar-refractivity contribution in [3.05, 3.63) is 72.8 Å². The summed E-state index contributed by atoms with van der Waals surface area (Å²) in [5, 5.41) is 15.3. The van der Waals surface area contributed by atoms with Gasteiger partial charge in [-0.1, -0.05) is 60.7 Å². The zero-order valence-corrected chi connectivity index (χ0v) is 16.0. The van der Waals surface area contributed by atoms with Crippen molar-refractivity contribution in [1.82, 2.24) is 4.90 Å². The molecular weight excluding hydrogens is 354 g/mol. The van der Waals surface area contributed by atoms with Crippen LogP contribution in [0.2, 0.25) is 0 Å². The molecule has 1 N–H and O–H groups in total. The third kappa shape index (κ3) is 3.09. The van der Waals surface area contributed by atoms with E-state index in [-0.39, 0.29) is 5.75 Å². The van der Waals surface area contributed by atoms with Gasteiger partial charge >= 0.3 is 0 Å². The Morgan fingerprint density at radius 3 is 1.96 bits per heavy atom. The van der Waals surface area contributed by atoms with Crippen molar-refractivity contribution in [1.29, 1.82) is 0 Å². The highest BCUT2D eigenvalue weighted by Crippen LogP contribution is 2.45. The Hall–Kier alpha value is -3.11. The maximum absolute atomic E-state index is 10.8. The van der Waals surface area contributed by atoms with Gasteiger partial charge in [-0.3, -0.25) is 0 Å². The Morgan fingerprint density at radius 2 is 1.33 bits per heavy atom. The number of benzene rings is 4. The molecule has 0 unspecified atom stereocenters. The van der Waals surface area contributed by atoms with Crippen molar-refractivity contribution < 1.29 is 9.84 Å². The third-order valence-electron chi connectivity index (χ3n) is 4.61. The minimum Gasteiger partial charge on any atom is -0.507 e. The summed E-state index contributed by atoms with van der Waals surface area (Å²) in [5.74, 6) is 0.838. The van der Waals surface area contributed by atoms with Gasteiger partial charge in [0.25, 0.3) is 5.17 Å². The lowest BCUT2D eigenvalue weighted by atomic mass is 9.92. The monoisotopic (exact) mass is 373 g/mol. The van der Waals surface area contributed by atoms with Crippen LogP contribution >= 0.6 is 12.2 Å². The molecule has 4 aromatic rings. The summed E-state index contributed by atoms with van der Waals surface area (Å²) in [6.07, 6.45) is 0. The molecule has 0 bridgehead atoms. The average molecular weight is 373 g/mol. The molecule has 0 saturated carbocycles. The number of ether oxygens (including phenoxy) is 1. The summed E-state index contributed by atoms with van der Waals surface area (Å²) in [4.78, 5) is 1.75. The molecule has 4 rings (SSSR count). The molecule has 134 valence electrons. The summed E-state index contributed by atoms with van der Waals surface area (Å²) in [7, 11) is 3.69. The number of phenolic OH excluding ortho intramolecular Hbond substituents is 1. The Balaban J connectivity index is 2.09. The highest BCUT2D eigenvalue weighted by molar-refractivity contribution is 7.80. The highest BCUT2D eigenvalue weighted by atomic mass is 32.1. The lowest BCUT2D eigenvalue weighted by molar-refractivity contribution is 0.450. The molecule has 0 amide bonds. The number of hydrogen-bond donors (Lipinski definition) is 1. The number of aromatic hydroxyl groups is 1. The maximum Gasteiger partial charge on any atom is 0.264 e. The maximum atomic E-state index is 10.8. The standard InChI is InChI=1S/C23H19NO2S/c1-24(2)23(27)26-20-14-12-16-8-4-6-10-18(16)22(20)21-17-9-5-3-7-15(17)11-13-19(21)25/h3-14,25H,1-2H3. The van der Waals surface area contributed by atoms with Gasteiger partial charge in [0, 0.05) is 25.2 Å². The fraction of sp³-hybridized carbons (Fsp3) is 0.0870. The fourth-order valence-corrected chi connectivity index (χ4v) is 3.39. The molecule has 0 fully saturated rings. The van der Waals surface area contributed by atoms with E-state index in [0.717, 1.165) is 32.7 Å². The van der Waals surface area contributed by atoms with Gasteiger partial charge in [0.05, 0.1) is 0 Å². The SMILES string of the molecule is CN(C)C(=S)Oc1ccc2ccccc2c1-c1c(O)ccc2ccccc12. The Morgan fingerprint density at radius 1 is 0.778 bits per heavy atom. The van der Waals surface area contributed by atoms with Crippen molar-refractivity contribution in [2.24, 2.45) is 0 Å². The number of rotatable bonds is 2. The van der Waals surface area contributed by atoms with Crippen LogP contribution in [0.15, 0.2) is 72.8 Å². The van der Waals surface area contributed by atoms with E-state index in [1.165, 1.54) is 0 Å². The zero-order valence-electron chi connectivity index (χ0n) is 15.1. The summed E-state index contributed by atoms with van der Waals surface area (Å²) in [6, 6.07) is 23.7. The number of hydrogen-bond acceptors (Lipinski definition) is 3. The minimum absolute atomic E-state index is 0.214. The van der Waals surface area contributed by atoms with Gasteiger partial charge < -0.3 is 14.7 Å². The number of nitrogens with zero attached hydrogens (tertiary/aromatic N) is 1. The van der Waals surface area contributed by atoms with Gasteiger partial charge in [-0.05, 0) is 45.9 Å². The van der Waals surface area contributed by atoms with Crippen LogP contribution in [-0.4, -0.2) is 29.3 Å². The van der Waals surface area contributed by atoms with Gasteiger partial charge in [-0.25, -0.2) is 0 Å². The predicted molar refractivity (Wildman–Crippen MR) is 115 cm³/mol. The van der Waals surface area contributed by atoms with E-state index in [1.807, 2.05) is 74.8 Å². The van der Waals surface area contributed by atoms with Crippen LogP contribution in [0.3, 0.4) is 0 Å². The Kier molecular flexibility index (Phi) is 4.42. The molecule has 0 aliphatic heterocycles. The van der Waals surface area contributed by atoms with Crippen LogP contribution < -0.4 is 4.74 Å². The predicted octanol–water partition coefficient (Wildman–Crippen LogP) is 5.59. The molecule has 0 aromatic heterocycles. The summed E-state index contributed by atoms with van der Waals surface area (Å²) >= 11 is 5.36. The fourth-order valence-electron chi connectivity index (χ4n) is 3.30. The van der Waals surface area contributed by atoms with E-state index < -0.39 is 0 Å². The molecule has 27 heavy (non-hydrogen) atoms. The van der Waals surface area contributed by atoms with Gasteiger partial charge in [0.2, 0.25) is 0 Å². The van der Waals surface area contributed by atoms with Crippen molar-refractivity contribution in [3.8, 4) is 22.6 Å². The third-order valence-corrected chi connectivity index (χ3v) is 5.06. The van der Waals surface area contributed by atoms with Crippen LogP contribution in [0, 0.1) is 0 Å². The summed E-state index contributed by atoms with van der Waals surface area (Å²) < 4.78 is 6.02. The second-order valence-corrected chi connectivity index (χ2v) is 6.95. The van der Waals surface area contributed by atoms with Crippen molar-refractivity contribution in [2.75, 3.05) is 14.1 Å². The molecule has 0 radical (unpaired) electrons. The molecular formula is C23H19NO2S. The Bertz CT molecular complexity index is 1170. The molecule has 4 heteroatoms. The van der Waals surface area contributed by atoms with Gasteiger partial charge in [0.15, 0.2) is 0 Å². The number of fused-ring (bicyclic) bond motifs is 2. The van der Waals surface area contributed by atoms with E-state index in [9.17, 15) is 5.11 Å². The molecule has 4 aromatic carbocycles. The first-order valence-electron chi connectivity index (χ1n) is 8.68. The number of thiocarbonyl (C=S) groups is 1. The molecule has 0 atom stereocenters. The molecule has 0 aliphatic rings. The zero-order chi connectivity index (χ0) is 19.0. The summed E-state index contributed by atoms with van der Waals surface area (Å²) in [6.45, 7) is 0. The van der Waals surface area contributed by atoms with Crippen LogP contribution in [0.1, 0.15) is 0 Å². The van der Waals surface area contributed by atoms with Crippen LogP contribution in [0.25, 0.3) is 32.7 Å². The normalized spacial score (nSPS) is 10.9. The topological polar surface area (TPSA) is 32.7 Å². The van der Waals surface area contributed by atoms with Gasteiger partial charge in [0.1, 0.15) is 11.5 Å². The van der Waals surface area contributed by atoms with E-state index in [1.54, 1.807) is 11.0 Å². The smallest absolute Gasteiger partial charge is 0.264 e. The lowest BCUT2D eigenvalue weighted by Crippen LogP contribution is -2.25. The molecule has 0 heterocycles. The summed E-state index contributed by atoms with van der Waals surface area (Å²) in [5.41, 5.74) is 1.59. The van der Waals surface area contributed by atoms with Gasteiger partial charge in [-0.15, -0.1) is 0 Å². The van der Waals surface area contributed by atoms with E-state index in [0.29, 0.717) is 10.9 Å². The van der Waals surface area contributed by atoms with Crippen LogP contribution in [-0.2, 0) is 0 Å². The largest absolute Gasteiger partial charge is 0.507 e. The quantitative estimate of drug-likeness (QED) is 0.464. The first kappa shape index (κ1) is 17.3. The van der Waals surface area contributed by atoms with E-state index in [4.69, 9.17) is 17.0 Å². The molecule has 0 spiro atoms. The van der Waals surface area contributed by atoms with Crippen molar-refractivity contribution in [3.63, 3.8) is 0 Å². The highest BCUT2D eigenvalue weighted by Gasteiger charge is 2.19. The van der Waals surface area contributed by atoms with Crippen LogP contribution in [0.5, 0.6) is 11.5 Å². The van der Waals surface area contributed by atoms with E-state index >= 15 is 0 Å². The average Bonchev–Trinajstić information content (AvgIpc) is 2.68. The molecule has 0 aliphatic carbocycles. The van der Waals surface area contributed by atoms with Crippen molar-refractivity contribution in [2.45, 2.75) is 0 Å². The second kappa shape index (κ2) is 6.89. The lowest BCUT2D eigenvalue weighted by Gasteiger charge is -2.19. The Labute approximate surface area is 163 Å². The minimum atomic E-state index is 0.214. The molecule has 0 saturated heterocycles. The number of phenols is 1. The van der Waals surface area contributed by atoms with Crippen LogP contribution in [0.4, 0.5) is 0 Å². The van der Waals surface area contributed by atoms with Gasteiger partial charge in [-0.2, -0.15) is 0 Å². The van der Waals surface area contributed by atoms with E-state index in [2.05, 4.69) is 6.07 Å².